The molecule has 4 rings (SSSR count). The smallest absolute Gasteiger partial charge is 0.243 e. The fraction of sp³-hybridized carbons (Fsp3) is 0.364. The van der Waals surface area contributed by atoms with Gasteiger partial charge in [-0.2, -0.15) is 4.31 Å². The summed E-state index contributed by atoms with van der Waals surface area (Å²) in [5.74, 6) is -0.170. The van der Waals surface area contributed by atoms with E-state index < -0.39 is 10.0 Å². The molecule has 33 heavy (non-hydrogen) atoms. The number of aryl methyl sites for hydroxylation is 1. The number of hydrogen-bond donors (Lipinski definition) is 1. The first-order valence-electron chi connectivity index (χ1n) is 10.8. The summed E-state index contributed by atoms with van der Waals surface area (Å²) in [5.41, 5.74) is 2.16. The van der Waals surface area contributed by atoms with E-state index in [9.17, 15) is 13.2 Å². The second kappa shape index (κ2) is 10.4. The first-order chi connectivity index (χ1) is 15.9. The predicted octanol–water partition coefficient (Wildman–Crippen LogP) is 2.94. The lowest BCUT2D eigenvalue weighted by atomic mass is 10.2. The van der Waals surface area contributed by atoms with Crippen molar-refractivity contribution in [3.05, 3.63) is 59.7 Å². The molecular weight excluding hydrogens is 460 g/mol. The van der Waals surface area contributed by atoms with Gasteiger partial charge in [-0.25, -0.2) is 13.1 Å². The molecule has 0 radical (unpaired) electrons. The zero-order valence-electron chi connectivity index (χ0n) is 18.3. The Bertz CT molecular complexity index is 1210. The van der Waals surface area contributed by atoms with Crippen molar-refractivity contribution in [2.75, 3.05) is 24.2 Å². The fourth-order valence-electron chi connectivity index (χ4n) is 3.68. The van der Waals surface area contributed by atoms with E-state index in [1.54, 1.807) is 29.8 Å². The summed E-state index contributed by atoms with van der Waals surface area (Å²) in [7, 11) is -3.59. The molecule has 3 aromatic rings. The number of anilines is 1. The molecule has 174 valence electrons. The molecule has 0 spiro atoms. The zero-order chi connectivity index (χ0) is 23.3. The third-order valence-electron chi connectivity index (χ3n) is 5.41. The molecule has 1 amide bonds. The number of amides is 1. The van der Waals surface area contributed by atoms with Gasteiger partial charge in [0.1, 0.15) is 0 Å². The van der Waals surface area contributed by atoms with Crippen LogP contribution < -0.4 is 5.32 Å². The van der Waals surface area contributed by atoms with Gasteiger partial charge in [-0.05, 0) is 53.5 Å². The minimum absolute atomic E-state index is 0.0945. The van der Waals surface area contributed by atoms with Crippen molar-refractivity contribution < 1.29 is 13.2 Å². The molecule has 11 heteroatoms. The Kier molecular flexibility index (Phi) is 7.41. The number of nitrogens with one attached hydrogen (secondary N) is 1. The Balaban J connectivity index is 1.40. The number of carbonyl (C=O) groups is 1. The third-order valence-corrected chi connectivity index (χ3v) is 8.41. The van der Waals surface area contributed by atoms with Crippen LogP contribution in [0.3, 0.4) is 0 Å². The third kappa shape index (κ3) is 5.79. The van der Waals surface area contributed by atoms with Gasteiger partial charge in [0.25, 0.3) is 0 Å². The van der Waals surface area contributed by atoms with Crippen molar-refractivity contribution >= 4 is 33.4 Å². The number of nitrogens with zero attached hydrogens (tertiary/aromatic N) is 5. The molecule has 0 unspecified atom stereocenters. The van der Waals surface area contributed by atoms with Gasteiger partial charge in [0.2, 0.25) is 21.1 Å². The average molecular weight is 487 g/mol. The molecule has 1 aromatic heterocycles. The van der Waals surface area contributed by atoms with Gasteiger partial charge in [-0.1, -0.05) is 54.6 Å². The van der Waals surface area contributed by atoms with Crippen molar-refractivity contribution in [1.29, 1.82) is 0 Å². The number of rotatable bonds is 8. The number of aromatic nitrogens is 4. The first kappa shape index (κ1) is 23.4. The van der Waals surface area contributed by atoms with Gasteiger partial charge in [0.05, 0.1) is 17.2 Å². The number of piperidine rings is 1. The van der Waals surface area contributed by atoms with Gasteiger partial charge >= 0.3 is 0 Å². The standard InChI is InChI=1S/C22H26N6O3S2/c1-17-10-11-19(14-20(17)33(30,31)27-12-6-3-7-13-27)23-21(29)16-32-22-24-25-26-28(22)15-18-8-4-2-5-9-18/h2,4-5,8-11,14H,3,6-7,12-13,15-16H2,1H3,(H,23,29). The van der Waals surface area contributed by atoms with Crippen molar-refractivity contribution in [3.63, 3.8) is 0 Å². The molecule has 0 saturated carbocycles. The van der Waals surface area contributed by atoms with Crippen LogP contribution in [0.4, 0.5) is 5.69 Å². The summed E-state index contributed by atoms with van der Waals surface area (Å²) in [4.78, 5) is 12.8. The number of sulfonamides is 1. The van der Waals surface area contributed by atoms with Gasteiger partial charge in [-0.3, -0.25) is 4.79 Å². The lowest BCUT2D eigenvalue weighted by Gasteiger charge is -2.26. The molecule has 1 fully saturated rings. The van der Waals surface area contributed by atoms with Crippen molar-refractivity contribution in [1.82, 2.24) is 24.5 Å². The van der Waals surface area contributed by atoms with Crippen LogP contribution in [0, 0.1) is 6.92 Å². The van der Waals surface area contributed by atoms with E-state index in [2.05, 4.69) is 20.8 Å². The predicted molar refractivity (Wildman–Crippen MR) is 127 cm³/mol. The van der Waals surface area contributed by atoms with Crippen LogP contribution >= 0.6 is 11.8 Å². The van der Waals surface area contributed by atoms with Crippen LogP contribution in [-0.2, 0) is 21.4 Å². The van der Waals surface area contributed by atoms with Crippen LogP contribution in [0.15, 0.2) is 58.6 Å². The Labute approximate surface area is 197 Å². The maximum absolute atomic E-state index is 13.1. The summed E-state index contributed by atoms with van der Waals surface area (Å²) in [6, 6.07) is 14.8. The molecule has 0 aliphatic carbocycles. The first-order valence-corrected chi connectivity index (χ1v) is 13.2. The Hall–Kier alpha value is -2.76. The Morgan fingerprint density at radius 1 is 1.09 bits per heavy atom. The zero-order valence-corrected chi connectivity index (χ0v) is 20.0. The number of hydrogen-bond acceptors (Lipinski definition) is 7. The van der Waals surface area contributed by atoms with E-state index in [0.717, 1.165) is 24.8 Å². The quantitative estimate of drug-likeness (QED) is 0.488. The molecule has 1 aliphatic rings. The van der Waals surface area contributed by atoms with Gasteiger partial charge < -0.3 is 5.32 Å². The highest BCUT2D eigenvalue weighted by Gasteiger charge is 2.27. The van der Waals surface area contributed by atoms with Gasteiger partial charge in [0.15, 0.2) is 0 Å². The van der Waals surface area contributed by atoms with E-state index >= 15 is 0 Å². The van der Waals surface area contributed by atoms with Crippen molar-refractivity contribution in [2.45, 2.75) is 42.8 Å². The number of benzene rings is 2. The summed E-state index contributed by atoms with van der Waals surface area (Å²) in [6.07, 6.45) is 2.79. The van der Waals surface area contributed by atoms with E-state index in [4.69, 9.17) is 0 Å². The lowest BCUT2D eigenvalue weighted by molar-refractivity contribution is -0.113. The second-order valence-electron chi connectivity index (χ2n) is 7.89. The topological polar surface area (TPSA) is 110 Å². The van der Waals surface area contributed by atoms with E-state index in [0.29, 0.717) is 36.0 Å². The van der Waals surface area contributed by atoms with Crippen LogP contribution in [0.25, 0.3) is 0 Å². The molecule has 0 atom stereocenters. The summed E-state index contributed by atoms with van der Waals surface area (Å²) >= 11 is 1.22. The Morgan fingerprint density at radius 3 is 2.61 bits per heavy atom. The van der Waals surface area contributed by atoms with E-state index in [-0.39, 0.29) is 16.6 Å². The largest absolute Gasteiger partial charge is 0.325 e. The average Bonchev–Trinajstić information content (AvgIpc) is 3.27. The lowest BCUT2D eigenvalue weighted by Crippen LogP contribution is -2.36. The van der Waals surface area contributed by atoms with Crippen LogP contribution in [0.2, 0.25) is 0 Å². The summed E-state index contributed by atoms with van der Waals surface area (Å²) < 4.78 is 29.4. The number of tetrazole rings is 1. The molecule has 1 aliphatic heterocycles. The van der Waals surface area contributed by atoms with E-state index in [1.165, 1.54) is 16.1 Å². The normalized spacial score (nSPS) is 14.8. The minimum Gasteiger partial charge on any atom is -0.325 e. The monoisotopic (exact) mass is 486 g/mol. The van der Waals surface area contributed by atoms with Crippen LogP contribution in [0.5, 0.6) is 0 Å². The highest BCUT2D eigenvalue weighted by molar-refractivity contribution is 7.99. The fourth-order valence-corrected chi connectivity index (χ4v) is 6.13. The minimum atomic E-state index is -3.59. The summed E-state index contributed by atoms with van der Waals surface area (Å²) in [6.45, 7) is 3.34. The van der Waals surface area contributed by atoms with Crippen LogP contribution in [-0.4, -0.2) is 57.7 Å². The van der Waals surface area contributed by atoms with Gasteiger partial charge in [-0.15, -0.1) is 5.10 Å². The molecule has 0 bridgehead atoms. The maximum Gasteiger partial charge on any atom is 0.243 e. The van der Waals surface area contributed by atoms with Crippen molar-refractivity contribution in [2.24, 2.45) is 0 Å². The molecule has 1 N–H and O–H groups in total. The Morgan fingerprint density at radius 2 is 1.85 bits per heavy atom. The molecule has 1 saturated heterocycles. The molecule has 9 nitrogen and oxygen atoms in total. The maximum atomic E-state index is 13.1. The number of carbonyl (C=O) groups excluding carboxylic acids is 1. The SMILES string of the molecule is Cc1ccc(NC(=O)CSc2nnnn2Cc2ccccc2)cc1S(=O)(=O)N1CCCCC1. The number of thioether (sulfide) groups is 1. The molecular formula is C22H26N6O3S2. The van der Waals surface area contributed by atoms with Crippen molar-refractivity contribution in [3.8, 4) is 0 Å². The highest BCUT2D eigenvalue weighted by Crippen LogP contribution is 2.26. The molecule has 2 aromatic carbocycles. The summed E-state index contributed by atoms with van der Waals surface area (Å²) in [5, 5.41) is 15.0. The van der Waals surface area contributed by atoms with E-state index in [1.807, 2.05) is 30.3 Å². The van der Waals surface area contributed by atoms with Gasteiger partial charge in [0, 0.05) is 18.8 Å². The molecule has 2 heterocycles. The van der Waals surface area contributed by atoms with Crippen LogP contribution in [0.1, 0.15) is 30.4 Å². The second-order valence-corrected chi connectivity index (χ2v) is 10.7. The highest BCUT2D eigenvalue weighted by atomic mass is 32.2.